The van der Waals surface area contributed by atoms with Gasteiger partial charge in [-0.25, -0.2) is 24.1 Å². The van der Waals surface area contributed by atoms with Gasteiger partial charge in [0.25, 0.3) is 0 Å². The number of anilines is 1. The molecule has 0 unspecified atom stereocenters. The molecule has 2 aromatic carbocycles. The van der Waals surface area contributed by atoms with E-state index >= 15 is 0 Å². The van der Waals surface area contributed by atoms with Crippen molar-refractivity contribution >= 4 is 60.8 Å². The molecule has 1 N–H and O–H groups in total. The summed E-state index contributed by atoms with van der Waals surface area (Å²) >= 11 is 6.86. The number of urea groups is 1. The zero-order valence-electron chi connectivity index (χ0n) is 30.4. The van der Waals surface area contributed by atoms with E-state index in [9.17, 15) is 9.59 Å². The van der Waals surface area contributed by atoms with Gasteiger partial charge in [-0.2, -0.15) is 0 Å². The fourth-order valence-corrected chi connectivity index (χ4v) is 5.94. The lowest BCUT2D eigenvalue weighted by molar-refractivity contribution is 0.206. The van der Waals surface area contributed by atoms with Crippen molar-refractivity contribution in [3.05, 3.63) is 99.2 Å². The van der Waals surface area contributed by atoms with Crippen molar-refractivity contribution < 1.29 is 19.1 Å². The van der Waals surface area contributed by atoms with Crippen molar-refractivity contribution in [3.8, 4) is 34.6 Å². The van der Waals surface area contributed by atoms with Crippen molar-refractivity contribution in [3.63, 3.8) is 0 Å². The molecule has 0 aliphatic heterocycles. The summed E-state index contributed by atoms with van der Waals surface area (Å²) < 4.78 is 14.3. The monoisotopic (exact) mass is 830 g/mol. The van der Waals surface area contributed by atoms with Gasteiger partial charge in [-0.15, -0.1) is 0 Å². The number of ether oxygens (including phenoxy) is 2. The minimum Gasteiger partial charge on any atom is -0.494 e. The standard InChI is InChI=1S/2C20H22BrN3O2/c1-4-23(5-2)20(25)24-18(12-15-11-16(21)13-22-19(15)24)14-7-9-17(10-8-14)26-6-3;1-4-24(5-2)20(25)23-19-16(13-17(21)14-22-19)10-7-15-8-11-18(12-9-15)26-6-3/h7-13H,4-6H2,1-3H3;8-9,11-14H,4-6H2,1-3H3,(H,22,23,25). The van der Waals surface area contributed by atoms with Crippen molar-refractivity contribution in [1.29, 1.82) is 0 Å². The molecule has 0 radical (unpaired) electrons. The Labute approximate surface area is 322 Å². The number of pyridine rings is 2. The van der Waals surface area contributed by atoms with Crippen LogP contribution in [0.2, 0.25) is 0 Å². The first kappa shape index (κ1) is 39.9. The van der Waals surface area contributed by atoms with E-state index in [4.69, 9.17) is 9.47 Å². The van der Waals surface area contributed by atoms with Crippen molar-refractivity contribution in [2.45, 2.75) is 41.5 Å². The Balaban J connectivity index is 0.000000233. The molecule has 3 heterocycles. The van der Waals surface area contributed by atoms with Crippen LogP contribution in [0.15, 0.2) is 88.1 Å². The predicted octanol–water partition coefficient (Wildman–Crippen LogP) is 9.69. The molecule has 0 bridgehead atoms. The van der Waals surface area contributed by atoms with E-state index in [2.05, 4.69) is 59.0 Å². The maximum absolute atomic E-state index is 13.1. The van der Waals surface area contributed by atoms with E-state index in [-0.39, 0.29) is 12.1 Å². The number of rotatable bonds is 10. The number of aromatic nitrogens is 3. The molecule has 0 saturated heterocycles. The molecular formula is C40H44Br2N6O4. The number of amides is 3. The third-order valence-corrected chi connectivity index (χ3v) is 8.80. The van der Waals surface area contributed by atoms with Crippen molar-refractivity contribution in [1.82, 2.24) is 24.3 Å². The fourth-order valence-electron chi connectivity index (χ4n) is 5.26. The molecule has 3 aromatic heterocycles. The van der Waals surface area contributed by atoms with Gasteiger partial charge in [0.05, 0.1) is 24.5 Å². The van der Waals surface area contributed by atoms with Crippen LogP contribution >= 0.6 is 31.9 Å². The van der Waals surface area contributed by atoms with Crippen LogP contribution in [-0.2, 0) is 0 Å². The van der Waals surface area contributed by atoms with Crippen LogP contribution in [-0.4, -0.2) is 75.8 Å². The minimum atomic E-state index is -0.186. The van der Waals surface area contributed by atoms with Gasteiger partial charge in [0.1, 0.15) is 23.0 Å². The first-order valence-corrected chi connectivity index (χ1v) is 18.9. The van der Waals surface area contributed by atoms with E-state index in [1.54, 1.807) is 26.8 Å². The molecule has 0 fully saturated rings. The second kappa shape index (κ2) is 19.7. The van der Waals surface area contributed by atoms with Gasteiger partial charge >= 0.3 is 12.1 Å². The molecule has 0 saturated carbocycles. The average molecular weight is 833 g/mol. The Bertz CT molecular complexity index is 2010. The number of benzene rings is 2. The van der Waals surface area contributed by atoms with Crippen LogP contribution in [0.1, 0.15) is 52.7 Å². The summed E-state index contributed by atoms with van der Waals surface area (Å²) in [7, 11) is 0. The Morgan fingerprint density at radius 1 is 0.731 bits per heavy atom. The van der Waals surface area contributed by atoms with Gasteiger partial charge in [0.2, 0.25) is 0 Å². The maximum Gasteiger partial charge on any atom is 0.330 e. The number of nitrogens with one attached hydrogen (secondary N) is 1. The lowest BCUT2D eigenvalue weighted by Gasteiger charge is -2.21. The van der Waals surface area contributed by atoms with Crippen LogP contribution < -0.4 is 14.8 Å². The van der Waals surface area contributed by atoms with E-state index < -0.39 is 0 Å². The Morgan fingerprint density at radius 2 is 1.29 bits per heavy atom. The number of carbonyl (C=O) groups excluding carboxylic acids is 2. The molecule has 272 valence electrons. The number of nitrogens with zero attached hydrogens (tertiary/aromatic N) is 5. The number of fused-ring (bicyclic) bond motifs is 1. The van der Waals surface area contributed by atoms with Crippen LogP contribution in [0.3, 0.4) is 0 Å². The zero-order valence-corrected chi connectivity index (χ0v) is 33.5. The first-order chi connectivity index (χ1) is 25.1. The normalized spacial score (nSPS) is 10.4. The number of hydrogen-bond donors (Lipinski definition) is 1. The van der Waals surface area contributed by atoms with E-state index in [0.29, 0.717) is 56.4 Å². The highest BCUT2D eigenvalue weighted by molar-refractivity contribution is 9.10. The number of carbonyl (C=O) groups is 2. The zero-order chi connectivity index (χ0) is 37.6. The maximum atomic E-state index is 13.1. The Hall–Kier alpha value is -4.86. The predicted molar refractivity (Wildman–Crippen MR) is 215 cm³/mol. The molecule has 0 spiro atoms. The summed E-state index contributed by atoms with van der Waals surface area (Å²) in [4.78, 5) is 37.7. The van der Waals surface area contributed by atoms with Crippen molar-refractivity contribution in [2.75, 3.05) is 44.7 Å². The third-order valence-electron chi connectivity index (χ3n) is 7.93. The minimum absolute atomic E-state index is 0.0660. The molecule has 5 rings (SSSR count). The summed E-state index contributed by atoms with van der Waals surface area (Å²) in [6, 6.07) is 20.9. The summed E-state index contributed by atoms with van der Waals surface area (Å²) in [6.07, 6.45) is 3.36. The van der Waals surface area contributed by atoms with Crippen LogP contribution in [0.4, 0.5) is 15.4 Å². The molecule has 10 nitrogen and oxygen atoms in total. The van der Waals surface area contributed by atoms with E-state index in [1.165, 1.54) is 0 Å². The van der Waals surface area contributed by atoms with Gasteiger partial charge in [0.15, 0.2) is 0 Å². The molecule has 0 aliphatic carbocycles. The van der Waals surface area contributed by atoms with Crippen LogP contribution in [0.5, 0.6) is 11.5 Å². The van der Waals surface area contributed by atoms with Gasteiger partial charge in [-0.1, -0.05) is 11.8 Å². The van der Waals surface area contributed by atoms with Gasteiger partial charge in [-0.05, 0) is 146 Å². The van der Waals surface area contributed by atoms with Gasteiger partial charge in [0, 0.05) is 58.5 Å². The second-order valence-electron chi connectivity index (χ2n) is 11.2. The molecule has 0 aliphatic rings. The largest absolute Gasteiger partial charge is 0.494 e. The summed E-state index contributed by atoms with van der Waals surface area (Å²) in [5, 5.41) is 3.75. The van der Waals surface area contributed by atoms with Crippen LogP contribution in [0, 0.1) is 11.8 Å². The lowest BCUT2D eigenvalue weighted by atomic mass is 10.1. The molecular weight excluding hydrogens is 788 g/mol. The summed E-state index contributed by atoms with van der Waals surface area (Å²) in [6.45, 7) is 15.5. The number of hydrogen-bond acceptors (Lipinski definition) is 6. The topological polar surface area (TPSA) is 102 Å². The van der Waals surface area contributed by atoms with E-state index in [0.717, 1.165) is 42.7 Å². The molecule has 52 heavy (non-hydrogen) atoms. The fraction of sp³-hybridized carbons (Fsp3) is 0.300. The highest BCUT2D eigenvalue weighted by Gasteiger charge is 2.21. The second-order valence-corrected chi connectivity index (χ2v) is 13.0. The van der Waals surface area contributed by atoms with Gasteiger partial charge in [-0.3, -0.25) is 5.32 Å². The highest BCUT2D eigenvalue weighted by atomic mass is 79.9. The van der Waals surface area contributed by atoms with Gasteiger partial charge < -0.3 is 19.3 Å². The SMILES string of the molecule is CCOc1ccc(-c2cc3cc(Br)cnc3n2C(=O)N(CC)CC)cc1.CCOc1ccc(C#Cc2cc(Br)cnc2NC(=O)N(CC)CC)cc1. The average Bonchev–Trinajstić information content (AvgIpc) is 3.52. The lowest BCUT2D eigenvalue weighted by Crippen LogP contribution is -2.34. The van der Waals surface area contributed by atoms with Crippen molar-refractivity contribution in [2.24, 2.45) is 0 Å². The third kappa shape index (κ3) is 10.4. The van der Waals surface area contributed by atoms with Crippen LogP contribution in [0.25, 0.3) is 22.3 Å². The number of halogens is 2. The van der Waals surface area contributed by atoms with E-state index in [1.807, 2.05) is 108 Å². The molecule has 5 aromatic rings. The highest BCUT2D eigenvalue weighted by Crippen LogP contribution is 2.30. The molecule has 12 heteroatoms. The molecule has 3 amide bonds. The summed E-state index contributed by atoms with van der Waals surface area (Å²) in [5.74, 6) is 8.26. The smallest absolute Gasteiger partial charge is 0.330 e. The molecule has 0 atom stereocenters. The Kier molecular flexibility index (Phi) is 15.1. The first-order valence-electron chi connectivity index (χ1n) is 17.3. The Morgan fingerprint density at radius 3 is 1.87 bits per heavy atom. The quantitative estimate of drug-likeness (QED) is 0.141. The summed E-state index contributed by atoms with van der Waals surface area (Å²) in [5.41, 5.74) is 3.94.